The Morgan fingerprint density at radius 3 is 2.64 bits per heavy atom. The standard InChI is InChI=1S/C20H38N6O.HI/c1-7-21-20(22-9-8-10-26(16(2)3)17(4)5)25-11-12-27-19(15-25)18-13-23-24(6)14-18;/h13-14,16-17,19H,7-12,15H2,1-6H3,(H,21,22);1H. The summed E-state index contributed by atoms with van der Waals surface area (Å²) in [6.07, 6.45) is 5.05. The van der Waals surface area contributed by atoms with Crippen LogP contribution in [0.1, 0.15) is 52.7 Å². The van der Waals surface area contributed by atoms with Gasteiger partial charge in [-0.25, -0.2) is 0 Å². The van der Waals surface area contributed by atoms with Crippen molar-refractivity contribution in [2.24, 2.45) is 12.0 Å². The average Bonchev–Trinajstić information content (AvgIpc) is 3.06. The normalized spacial score (nSPS) is 18.1. The van der Waals surface area contributed by atoms with Gasteiger partial charge in [0.15, 0.2) is 5.96 Å². The number of rotatable bonds is 8. The van der Waals surface area contributed by atoms with Gasteiger partial charge in [-0.15, -0.1) is 24.0 Å². The number of nitrogens with one attached hydrogen (secondary N) is 1. The zero-order chi connectivity index (χ0) is 19.8. The molecule has 0 amide bonds. The maximum Gasteiger partial charge on any atom is 0.194 e. The molecule has 1 aromatic heterocycles. The van der Waals surface area contributed by atoms with Gasteiger partial charge in [-0.2, -0.15) is 5.10 Å². The van der Waals surface area contributed by atoms with Gasteiger partial charge < -0.3 is 15.0 Å². The maximum atomic E-state index is 5.96. The quantitative estimate of drug-likeness (QED) is 0.254. The molecule has 1 saturated heterocycles. The van der Waals surface area contributed by atoms with E-state index in [-0.39, 0.29) is 30.1 Å². The Labute approximate surface area is 187 Å². The van der Waals surface area contributed by atoms with Crippen LogP contribution in [-0.2, 0) is 11.8 Å². The Balaban J connectivity index is 0.00000392. The number of morpholine rings is 1. The summed E-state index contributed by atoms with van der Waals surface area (Å²) in [5.74, 6) is 0.996. The predicted molar refractivity (Wildman–Crippen MR) is 126 cm³/mol. The van der Waals surface area contributed by atoms with Crippen molar-refractivity contribution in [2.45, 2.75) is 59.2 Å². The number of aryl methyl sites for hydroxylation is 1. The van der Waals surface area contributed by atoms with Crippen molar-refractivity contribution >= 4 is 29.9 Å². The Hall–Kier alpha value is -0.870. The monoisotopic (exact) mass is 506 g/mol. The minimum atomic E-state index is 0. The molecule has 0 spiro atoms. The molecule has 1 N–H and O–H groups in total. The molecule has 0 radical (unpaired) electrons. The van der Waals surface area contributed by atoms with Crippen LogP contribution in [0.25, 0.3) is 0 Å². The molecule has 1 unspecified atom stereocenters. The third kappa shape index (κ3) is 7.51. The highest BCUT2D eigenvalue weighted by Crippen LogP contribution is 2.21. The zero-order valence-electron chi connectivity index (χ0n) is 18.4. The number of guanidine groups is 1. The first-order chi connectivity index (χ1) is 12.9. The van der Waals surface area contributed by atoms with Crippen molar-refractivity contribution in [2.75, 3.05) is 39.3 Å². The van der Waals surface area contributed by atoms with Crippen LogP contribution in [0, 0.1) is 0 Å². The number of hydrogen-bond donors (Lipinski definition) is 1. The first kappa shape index (κ1) is 25.2. The summed E-state index contributed by atoms with van der Waals surface area (Å²) < 4.78 is 7.79. The van der Waals surface area contributed by atoms with E-state index in [1.165, 1.54) is 0 Å². The number of ether oxygens (including phenoxy) is 1. The number of aliphatic imine (C=N–C) groups is 1. The lowest BCUT2D eigenvalue weighted by atomic mass is 10.1. The zero-order valence-corrected chi connectivity index (χ0v) is 20.7. The fraction of sp³-hybridized carbons (Fsp3) is 0.800. The molecule has 2 rings (SSSR count). The Kier molecular flexibility index (Phi) is 11.4. The van der Waals surface area contributed by atoms with Crippen LogP contribution in [0.15, 0.2) is 17.4 Å². The van der Waals surface area contributed by atoms with E-state index in [0.29, 0.717) is 18.7 Å². The molecular weight excluding hydrogens is 467 g/mol. The van der Waals surface area contributed by atoms with Gasteiger partial charge in [0.2, 0.25) is 0 Å². The average molecular weight is 506 g/mol. The van der Waals surface area contributed by atoms with Crippen molar-refractivity contribution in [1.82, 2.24) is 24.9 Å². The molecule has 1 aromatic rings. The Morgan fingerprint density at radius 2 is 2.07 bits per heavy atom. The van der Waals surface area contributed by atoms with Gasteiger partial charge in [-0.1, -0.05) is 0 Å². The van der Waals surface area contributed by atoms with E-state index in [0.717, 1.165) is 50.7 Å². The highest BCUT2D eigenvalue weighted by atomic mass is 127. The van der Waals surface area contributed by atoms with E-state index in [9.17, 15) is 0 Å². The summed E-state index contributed by atoms with van der Waals surface area (Å²) in [5.41, 5.74) is 1.13. The summed E-state index contributed by atoms with van der Waals surface area (Å²) >= 11 is 0. The van der Waals surface area contributed by atoms with Crippen LogP contribution in [0.3, 0.4) is 0 Å². The summed E-state index contributed by atoms with van der Waals surface area (Å²) in [7, 11) is 1.94. The van der Waals surface area contributed by atoms with E-state index in [4.69, 9.17) is 9.73 Å². The van der Waals surface area contributed by atoms with Crippen LogP contribution >= 0.6 is 24.0 Å². The lowest BCUT2D eigenvalue weighted by Gasteiger charge is -2.35. The molecule has 0 bridgehead atoms. The molecule has 0 aliphatic carbocycles. The molecule has 2 heterocycles. The molecule has 8 heteroatoms. The van der Waals surface area contributed by atoms with Crippen molar-refractivity contribution in [3.05, 3.63) is 18.0 Å². The van der Waals surface area contributed by atoms with Gasteiger partial charge in [0.25, 0.3) is 0 Å². The third-order valence-corrected chi connectivity index (χ3v) is 4.96. The van der Waals surface area contributed by atoms with Crippen LogP contribution in [0.4, 0.5) is 0 Å². The minimum absolute atomic E-state index is 0. The van der Waals surface area contributed by atoms with Gasteiger partial charge in [0.1, 0.15) is 6.10 Å². The molecule has 1 aliphatic heterocycles. The summed E-state index contributed by atoms with van der Waals surface area (Å²) in [4.78, 5) is 9.73. The van der Waals surface area contributed by atoms with Crippen LogP contribution in [0.2, 0.25) is 0 Å². The predicted octanol–water partition coefficient (Wildman–Crippen LogP) is 2.89. The van der Waals surface area contributed by atoms with Crippen molar-refractivity contribution < 1.29 is 4.74 Å². The molecule has 1 aliphatic rings. The van der Waals surface area contributed by atoms with Gasteiger partial charge >= 0.3 is 0 Å². The van der Waals surface area contributed by atoms with Crippen molar-refractivity contribution in [3.63, 3.8) is 0 Å². The second-order valence-corrected chi connectivity index (χ2v) is 7.77. The third-order valence-electron chi connectivity index (χ3n) is 4.96. The molecule has 1 atom stereocenters. The molecule has 0 saturated carbocycles. The molecule has 28 heavy (non-hydrogen) atoms. The first-order valence-corrected chi connectivity index (χ1v) is 10.3. The number of halogens is 1. The molecule has 1 fully saturated rings. The van der Waals surface area contributed by atoms with Crippen LogP contribution in [-0.4, -0.2) is 77.0 Å². The van der Waals surface area contributed by atoms with Crippen LogP contribution < -0.4 is 5.32 Å². The molecule has 0 aromatic carbocycles. The van der Waals surface area contributed by atoms with Gasteiger partial charge in [-0.3, -0.25) is 14.6 Å². The largest absolute Gasteiger partial charge is 0.370 e. The van der Waals surface area contributed by atoms with Crippen LogP contribution in [0.5, 0.6) is 0 Å². The lowest BCUT2D eigenvalue weighted by molar-refractivity contribution is -0.00804. The summed E-state index contributed by atoms with van der Waals surface area (Å²) in [6.45, 7) is 16.4. The van der Waals surface area contributed by atoms with E-state index in [1.54, 1.807) is 0 Å². The maximum absolute atomic E-state index is 5.96. The summed E-state index contributed by atoms with van der Waals surface area (Å²) in [6, 6.07) is 1.14. The number of nitrogens with zero attached hydrogens (tertiary/aromatic N) is 5. The highest BCUT2D eigenvalue weighted by Gasteiger charge is 2.25. The Morgan fingerprint density at radius 1 is 1.36 bits per heavy atom. The van der Waals surface area contributed by atoms with Gasteiger partial charge in [-0.05, 0) is 41.0 Å². The fourth-order valence-corrected chi connectivity index (χ4v) is 3.63. The number of hydrogen-bond acceptors (Lipinski definition) is 4. The second-order valence-electron chi connectivity index (χ2n) is 7.77. The van der Waals surface area contributed by atoms with E-state index < -0.39 is 0 Å². The lowest BCUT2D eigenvalue weighted by Crippen LogP contribution is -2.48. The molecular formula is C20H39IN6O. The van der Waals surface area contributed by atoms with E-state index in [2.05, 4.69) is 54.8 Å². The van der Waals surface area contributed by atoms with Gasteiger partial charge in [0, 0.05) is 57.1 Å². The van der Waals surface area contributed by atoms with Gasteiger partial charge in [0.05, 0.1) is 19.3 Å². The van der Waals surface area contributed by atoms with Crippen molar-refractivity contribution in [3.8, 4) is 0 Å². The highest BCUT2D eigenvalue weighted by molar-refractivity contribution is 14.0. The minimum Gasteiger partial charge on any atom is -0.370 e. The topological polar surface area (TPSA) is 57.9 Å². The summed E-state index contributed by atoms with van der Waals surface area (Å²) in [5, 5.41) is 7.72. The van der Waals surface area contributed by atoms with Crippen molar-refractivity contribution in [1.29, 1.82) is 0 Å². The SMILES string of the molecule is CCNC(=NCCCN(C(C)C)C(C)C)N1CCOC(c2cnn(C)c2)C1.I. The molecule has 162 valence electrons. The van der Waals surface area contributed by atoms with E-state index in [1.807, 2.05) is 24.1 Å². The molecule has 7 nitrogen and oxygen atoms in total. The second kappa shape index (κ2) is 12.6. The first-order valence-electron chi connectivity index (χ1n) is 10.3. The Bertz CT molecular complexity index is 581. The van der Waals surface area contributed by atoms with E-state index >= 15 is 0 Å². The fourth-order valence-electron chi connectivity index (χ4n) is 3.63. The number of aromatic nitrogens is 2. The smallest absolute Gasteiger partial charge is 0.194 e.